The third kappa shape index (κ3) is 5.38. The van der Waals surface area contributed by atoms with Crippen molar-refractivity contribution in [3.63, 3.8) is 0 Å². The Morgan fingerprint density at radius 3 is 2.45 bits per heavy atom. The second-order valence-electron chi connectivity index (χ2n) is 8.06. The van der Waals surface area contributed by atoms with E-state index in [-0.39, 0.29) is 0 Å². The molecule has 5 rings (SSSR count). The van der Waals surface area contributed by atoms with E-state index in [4.69, 9.17) is 26.6 Å². The van der Waals surface area contributed by atoms with Crippen molar-refractivity contribution in [2.24, 2.45) is 0 Å². The van der Waals surface area contributed by atoms with E-state index in [9.17, 15) is 9.59 Å². The predicted octanol–water partition coefficient (Wildman–Crippen LogP) is 4.67. The minimum atomic E-state index is -1.26. The maximum Gasteiger partial charge on any atom is 0.328 e. The number of benzene rings is 2. The summed E-state index contributed by atoms with van der Waals surface area (Å²) in [6, 6.07) is 17.5. The van der Waals surface area contributed by atoms with E-state index in [1.165, 1.54) is 35.0 Å². The van der Waals surface area contributed by atoms with Crippen LogP contribution in [-0.2, 0) is 16.0 Å². The monoisotopic (exact) mass is 468 g/mol. The van der Waals surface area contributed by atoms with Gasteiger partial charge in [0.25, 0.3) is 0 Å². The number of carboxylic acids is 2. The van der Waals surface area contributed by atoms with Gasteiger partial charge in [0, 0.05) is 58.8 Å². The molecule has 0 amide bonds. The van der Waals surface area contributed by atoms with Gasteiger partial charge in [0.1, 0.15) is 12.4 Å². The van der Waals surface area contributed by atoms with Crippen molar-refractivity contribution in [3.05, 3.63) is 77.0 Å². The van der Waals surface area contributed by atoms with Gasteiger partial charge in [-0.25, -0.2) is 9.59 Å². The van der Waals surface area contributed by atoms with Gasteiger partial charge in [-0.3, -0.25) is 4.90 Å². The number of halogens is 1. The number of aliphatic carboxylic acids is 2. The smallest absolute Gasteiger partial charge is 0.328 e. The lowest BCUT2D eigenvalue weighted by Gasteiger charge is -2.34. The molecule has 2 unspecified atom stereocenters. The van der Waals surface area contributed by atoms with Gasteiger partial charge in [0.2, 0.25) is 0 Å². The minimum absolute atomic E-state index is 0.527. The largest absolute Gasteiger partial charge is 0.492 e. The number of carboxylic acid groups (broad SMARTS) is 2. The molecule has 0 radical (unpaired) electrons. The fourth-order valence-electron chi connectivity index (χ4n) is 4.74. The Morgan fingerprint density at radius 1 is 1.06 bits per heavy atom. The van der Waals surface area contributed by atoms with Crippen LogP contribution in [0.15, 0.2) is 60.7 Å². The van der Waals surface area contributed by atoms with Crippen LogP contribution < -0.4 is 4.74 Å². The molecule has 8 heteroatoms. The minimum Gasteiger partial charge on any atom is -0.492 e. The van der Waals surface area contributed by atoms with E-state index < -0.39 is 11.9 Å². The van der Waals surface area contributed by atoms with Gasteiger partial charge in [-0.15, -0.1) is 0 Å². The number of fused-ring (bicyclic) bond motifs is 6. The molecule has 172 valence electrons. The number of aromatic amines is 1. The maximum absolute atomic E-state index is 9.55. The van der Waals surface area contributed by atoms with Crippen LogP contribution >= 0.6 is 11.6 Å². The number of hydrogen-bond acceptors (Lipinski definition) is 4. The lowest BCUT2D eigenvalue weighted by Crippen LogP contribution is -2.39. The van der Waals surface area contributed by atoms with E-state index in [0.717, 1.165) is 23.7 Å². The second-order valence-corrected chi connectivity index (χ2v) is 8.50. The first-order chi connectivity index (χ1) is 15.9. The first-order valence-electron chi connectivity index (χ1n) is 10.8. The van der Waals surface area contributed by atoms with Gasteiger partial charge in [0.05, 0.1) is 0 Å². The first kappa shape index (κ1) is 22.9. The molecule has 0 aliphatic carbocycles. The van der Waals surface area contributed by atoms with E-state index in [0.29, 0.717) is 30.8 Å². The number of para-hydroxylation sites is 1. The van der Waals surface area contributed by atoms with Crippen LogP contribution in [-0.4, -0.2) is 51.2 Å². The van der Waals surface area contributed by atoms with Crippen LogP contribution in [0, 0.1) is 0 Å². The fraction of sp³-hybridized carbons (Fsp3) is 0.280. The van der Waals surface area contributed by atoms with Crippen LogP contribution in [0.3, 0.4) is 0 Å². The predicted molar refractivity (Wildman–Crippen MR) is 126 cm³/mol. The molecule has 2 aliphatic rings. The van der Waals surface area contributed by atoms with Crippen molar-refractivity contribution in [3.8, 4) is 5.75 Å². The molecule has 33 heavy (non-hydrogen) atoms. The topological polar surface area (TPSA) is 103 Å². The van der Waals surface area contributed by atoms with Crippen LogP contribution in [0.5, 0.6) is 5.75 Å². The molecule has 1 aromatic heterocycles. The molecule has 1 saturated heterocycles. The van der Waals surface area contributed by atoms with Crippen molar-refractivity contribution in [1.82, 2.24) is 9.88 Å². The third-order valence-electron chi connectivity index (χ3n) is 6.04. The van der Waals surface area contributed by atoms with Gasteiger partial charge >= 0.3 is 11.9 Å². The standard InChI is InChI=1S/C21H21ClN2O.C4H4O4/c22-14-5-8-16(9-6-14)25-12-11-24-15-7-10-20(24)21-17-3-1-2-4-18(17)23-19(21)13-15;5-3(6)1-2-4(7)8/h1-6,8-9,15,20,23H,7,10-13H2;1-2H,(H,5,6)(H,7,8)/b;2-1+. The van der Waals surface area contributed by atoms with Crippen molar-refractivity contribution in [2.45, 2.75) is 31.3 Å². The Bertz CT molecular complexity index is 1160. The molecule has 2 atom stereocenters. The number of aromatic nitrogens is 1. The van der Waals surface area contributed by atoms with Crippen molar-refractivity contribution < 1.29 is 24.5 Å². The summed E-state index contributed by atoms with van der Waals surface area (Å²) in [5.41, 5.74) is 4.25. The highest BCUT2D eigenvalue weighted by Crippen LogP contribution is 2.46. The number of H-pyrrole nitrogens is 1. The highest BCUT2D eigenvalue weighted by molar-refractivity contribution is 6.30. The van der Waals surface area contributed by atoms with Crippen molar-refractivity contribution >= 4 is 34.4 Å². The van der Waals surface area contributed by atoms with E-state index in [1.807, 2.05) is 24.3 Å². The van der Waals surface area contributed by atoms with Crippen LogP contribution in [0.25, 0.3) is 10.9 Å². The molecule has 2 bridgehead atoms. The van der Waals surface area contributed by atoms with Gasteiger partial charge in [-0.1, -0.05) is 29.8 Å². The van der Waals surface area contributed by atoms with E-state index >= 15 is 0 Å². The molecule has 3 heterocycles. The number of rotatable bonds is 6. The zero-order valence-corrected chi connectivity index (χ0v) is 18.7. The Hall–Kier alpha value is -3.29. The Balaban J connectivity index is 0.000000281. The summed E-state index contributed by atoms with van der Waals surface area (Å²) < 4.78 is 5.94. The molecular weight excluding hydrogens is 444 g/mol. The SMILES string of the molecule is Clc1ccc(OCCN2C3CCC2c2c([nH]c4ccccc24)C3)cc1.O=C(O)/C=C/C(=O)O. The van der Waals surface area contributed by atoms with Crippen LogP contribution in [0.2, 0.25) is 5.02 Å². The number of nitrogens with zero attached hydrogens (tertiary/aromatic N) is 1. The molecule has 7 nitrogen and oxygen atoms in total. The van der Waals surface area contributed by atoms with Gasteiger partial charge in [0.15, 0.2) is 0 Å². The summed E-state index contributed by atoms with van der Waals surface area (Å²) >= 11 is 5.93. The third-order valence-corrected chi connectivity index (χ3v) is 6.30. The summed E-state index contributed by atoms with van der Waals surface area (Å²) in [6.45, 7) is 1.68. The average Bonchev–Trinajstić information content (AvgIpc) is 3.30. The molecular formula is C25H25ClN2O5. The number of hydrogen-bond donors (Lipinski definition) is 3. The highest BCUT2D eigenvalue weighted by atomic mass is 35.5. The summed E-state index contributed by atoms with van der Waals surface area (Å²) in [4.78, 5) is 25.4. The summed E-state index contributed by atoms with van der Waals surface area (Å²) in [5.74, 6) is -1.62. The Morgan fingerprint density at radius 2 is 1.76 bits per heavy atom. The maximum atomic E-state index is 9.55. The molecule has 0 spiro atoms. The zero-order valence-electron chi connectivity index (χ0n) is 17.9. The van der Waals surface area contributed by atoms with E-state index in [2.05, 4.69) is 34.1 Å². The second kappa shape index (κ2) is 10.1. The lowest BCUT2D eigenvalue weighted by atomic mass is 9.97. The zero-order chi connectivity index (χ0) is 23.4. The van der Waals surface area contributed by atoms with Crippen LogP contribution in [0.1, 0.15) is 30.1 Å². The Labute approximate surface area is 196 Å². The highest BCUT2D eigenvalue weighted by Gasteiger charge is 2.41. The molecule has 3 aromatic rings. The summed E-state index contributed by atoms with van der Waals surface area (Å²) in [5, 5.41) is 17.8. The molecule has 3 N–H and O–H groups in total. The van der Waals surface area contributed by atoms with E-state index in [1.54, 1.807) is 0 Å². The molecule has 0 saturated carbocycles. The fourth-order valence-corrected chi connectivity index (χ4v) is 4.87. The molecule has 2 aliphatic heterocycles. The summed E-state index contributed by atoms with van der Waals surface area (Å²) in [7, 11) is 0. The number of nitrogens with one attached hydrogen (secondary N) is 1. The lowest BCUT2D eigenvalue weighted by molar-refractivity contribution is -0.134. The average molecular weight is 469 g/mol. The van der Waals surface area contributed by atoms with Crippen molar-refractivity contribution in [1.29, 1.82) is 0 Å². The van der Waals surface area contributed by atoms with Crippen LogP contribution in [0.4, 0.5) is 0 Å². The van der Waals surface area contributed by atoms with Gasteiger partial charge in [-0.2, -0.15) is 0 Å². The van der Waals surface area contributed by atoms with Gasteiger partial charge in [-0.05, 0) is 48.7 Å². The number of ether oxygens (including phenoxy) is 1. The first-order valence-corrected chi connectivity index (χ1v) is 11.2. The van der Waals surface area contributed by atoms with Crippen molar-refractivity contribution in [2.75, 3.05) is 13.2 Å². The normalized spacial score (nSPS) is 19.2. The quantitative estimate of drug-likeness (QED) is 0.454. The molecule has 2 aromatic carbocycles. The number of carbonyl (C=O) groups is 2. The Kier molecular flexibility index (Phi) is 7.01. The van der Waals surface area contributed by atoms with Gasteiger partial charge < -0.3 is 19.9 Å². The summed E-state index contributed by atoms with van der Waals surface area (Å²) in [6.07, 6.45) is 4.77. The molecule has 1 fully saturated rings.